The second-order valence-electron chi connectivity index (χ2n) is 7.34. The van der Waals surface area contributed by atoms with E-state index in [-0.39, 0.29) is 11.8 Å². The topological polar surface area (TPSA) is 74.0 Å². The summed E-state index contributed by atoms with van der Waals surface area (Å²) in [5, 5.41) is 9.74. The smallest absolute Gasteiger partial charge is 0.257 e. The molecular formula is C22H24N2O4. The number of hydrogen-bond acceptors (Lipinski definition) is 4. The predicted octanol–water partition coefficient (Wildman–Crippen LogP) is 2.39. The largest absolute Gasteiger partial charge is 0.472 e. The summed E-state index contributed by atoms with van der Waals surface area (Å²) in [4.78, 5) is 28.9. The molecule has 6 nitrogen and oxygen atoms in total. The molecule has 2 heterocycles. The molecule has 0 atom stereocenters. The van der Waals surface area contributed by atoms with Crippen molar-refractivity contribution in [2.75, 3.05) is 26.2 Å². The van der Waals surface area contributed by atoms with Crippen molar-refractivity contribution in [3.05, 3.63) is 59.5 Å². The number of amides is 2. The summed E-state index contributed by atoms with van der Waals surface area (Å²) < 4.78 is 4.99. The van der Waals surface area contributed by atoms with Gasteiger partial charge in [-0.25, -0.2) is 0 Å². The van der Waals surface area contributed by atoms with Crippen LogP contribution in [-0.4, -0.2) is 58.5 Å². The van der Waals surface area contributed by atoms with Gasteiger partial charge in [0.15, 0.2) is 0 Å². The summed E-state index contributed by atoms with van der Waals surface area (Å²) in [7, 11) is 0. The van der Waals surface area contributed by atoms with Crippen molar-refractivity contribution >= 4 is 11.8 Å². The summed E-state index contributed by atoms with van der Waals surface area (Å²) in [6.45, 7) is 5.38. The maximum absolute atomic E-state index is 12.9. The Labute approximate surface area is 164 Å². The first-order valence-electron chi connectivity index (χ1n) is 9.30. The van der Waals surface area contributed by atoms with Gasteiger partial charge >= 0.3 is 0 Å². The van der Waals surface area contributed by atoms with Crippen LogP contribution in [0.5, 0.6) is 0 Å². The summed E-state index contributed by atoms with van der Waals surface area (Å²) in [5.41, 5.74) is 0.671. The molecule has 6 heteroatoms. The zero-order valence-corrected chi connectivity index (χ0v) is 16.1. The molecule has 1 fully saturated rings. The number of carbonyl (C=O) groups excluding carboxylic acids is 2. The van der Waals surface area contributed by atoms with E-state index in [1.807, 2.05) is 6.07 Å². The first kappa shape index (κ1) is 19.7. The van der Waals surface area contributed by atoms with Gasteiger partial charge < -0.3 is 19.3 Å². The molecule has 0 aliphatic carbocycles. The van der Waals surface area contributed by atoms with E-state index in [4.69, 9.17) is 4.42 Å². The van der Waals surface area contributed by atoms with Crippen LogP contribution in [0, 0.1) is 11.8 Å². The average Bonchev–Trinajstić information content (AvgIpc) is 3.09. The van der Waals surface area contributed by atoms with Crippen molar-refractivity contribution in [3.63, 3.8) is 0 Å². The van der Waals surface area contributed by atoms with Crippen molar-refractivity contribution in [1.29, 1.82) is 0 Å². The lowest BCUT2D eigenvalue weighted by Gasteiger charge is -2.22. The molecule has 3 rings (SSSR count). The van der Waals surface area contributed by atoms with Crippen LogP contribution in [0.15, 0.2) is 47.3 Å². The minimum Gasteiger partial charge on any atom is -0.472 e. The van der Waals surface area contributed by atoms with Crippen LogP contribution in [0.2, 0.25) is 0 Å². The molecule has 1 aromatic heterocycles. The van der Waals surface area contributed by atoms with Gasteiger partial charge in [0.05, 0.1) is 11.8 Å². The molecule has 1 aliphatic rings. The van der Waals surface area contributed by atoms with Gasteiger partial charge in [0.1, 0.15) is 11.9 Å². The quantitative estimate of drug-likeness (QED) is 0.812. The molecular weight excluding hydrogens is 356 g/mol. The lowest BCUT2D eigenvalue weighted by Crippen LogP contribution is -2.37. The molecule has 1 aromatic carbocycles. The zero-order chi connectivity index (χ0) is 20.1. The van der Waals surface area contributed by atoms with E-state index in [1.165, 1.54) is 12.5 Å². The molecule has 2 amide bonds. The third kappa shape index (κ3) is 5.02. The average molecular weight is 380 g/mol. The Kier molecular flexibility index (Phi) is 5.86. The van der Waals surface area contributed by atoms with Crippen LogP contribution >= 0.6 is 0 Å². The maximum atomic E-state index is 12.9. The first-order chi connectivity index (χ1) is 13.3. The molecule has 28 heavy (non-hydrogen) atoms. The van der Waals surface area contributed by atoms with Crippen LogP contribution in [0.25, 0.3) is 0 Å². The number of furan rings is 1. The highest BCUT2D eigenvalue weighted by Gasteiger charge is 2.24. The minimum atomic E-state index is -1.09. The Bertz CT molecular complexity index is 901. The maximum Gasteiger partial charge on any atom is 0.257 e. The fourth-order valence-electron chi connectivity index (χ4n) is 3.03. The highest BCUT2D eigenvalue weighted by molar-refractivity contribution is 5.95. The van der Waals surface area contributed by atoms with E-state index >= 15 is 0 Å². The van der Waals surface area contributed by atoms with Crippen molar-refractivity contribution in [3.8, 4) is 11.8 Å². The fraction of sp³-hybridized carbons (Fsp3) is 0.364. The number of carbonyl (C=O) groups is 2. The Balaban J connectivity index is 1.68. The van der Waals surface area contributed by atoms with Gasteiger partial charge in [-0.05, 0) is 44.5 Å². The van der Waals surface area contributed by atoms with Crippen LogP contribution in [-0.2, 0) is 0 Å². The molecule has 1 aliphatic heterocycles. The lowest BCUT2D eigenvalue weighted by atomic mass is 10.1. The van der Waals surface area contributed by atoms with Crippen LogP contribution < -0.4 is 0 Å². The van der Waals surface area contributed by atoms with Crippen molar-refractivity contribution in [2.24, 2.45) is 0 Å². The summed E-state index contributed by atoms with van der Waals surface area (Å²) in [5.74, 6) is 5.50. The molecule has 0 saturated carbocycles. The summed E-state index contributed by atoms with van der Waals surface area (Å²) in [6.07, 6.45) is 3.64. The Morgan fingerprint density at radius 2 is 1.71 bits per heavy atom. The van der Waals surface area contributed by atoms with Crippen molar-refractivity contribution in [1.82, 2.24) is 9.80 Å². The number of hydrogen-bond donors (Lipinski definition) is 1. The first-order valence-corrected chi connectivity index (χ1v) is 9.30. The van der Waals surface area contributed by atoms with Gasteiger partial charge in [-0.15, -0.1) is 0 Å². The van der Waals surface area contributed by atoms with E-state index in [2.05, 4.69) is 11.8 Å². The number of benzene rings is 1. The van der Waals surface area contributed by atoms with Crippen molar-refractivity contribution in [2.45, 2.75) is 25.9 Å². The molecule has 0 unspecified atom stereocenters. The lowest BCUT2D eigenvalue weighted by molar-refractivity contribution is 0.0718. The molecule has 0 spiro atoms. The minimum absolute atomic E-state index is 0.0769. The molecule has 1 N–H and O–H groups in total. The second kappa shape index (κ2) is 8.32. The SMILES string of the molecule is CC(C)(O)C#Cc1cccc(C(=O)N2CCCN(C(=O)c3ccoc3)CC2)c1. The van der Waals surface area contributed by atoms with E-state index in [0.717, 1.165) is 0 Å². The Morgan fingerprint density at radius 1 is 1.04 bits per heavy atom. The number of nitrogens with zero attached hydrogens (tertiary/aromatic N) is 2. The van der Waals surface area contributed by atoms with E-state index in [0.29, 0.717) is 49.3 Å². The van der Waals surface area contributed by atoms with Gasteiger partial charge in [0.2, 0.25) is 0 Å². The summed E-state index contributed by atoms with van der Waals surface area (Å²) >= 11 is 0. The van der Waals surface area contributed by atoms with Crippen LogP contribution in [0.4, 0.5) is 0 Å². The van der Waals surface area contributed by atoms with Gasteiger partial charge in [-0.1, -0.05) is 17.9 Å². The van der Waals surface area contributed by atoms with Crippen LogP contribution in [0.1, 0.15) is 46.5 Å². The second-order valence-corrected chi connectivity index (χ2v) is 7.34. The third-order valence-electron chi connectivity index (χ3n) is 4.46. The van der Waals surface area contributed by atoms with Gasteiger partial charge in [0, 0.05) is 37.3 Å². The third-order valence-corrected chi connectivity index (χ3v) is 4.46. The highest BCUT2D eigenvalue weighted by atomic mass is 16.3. The number of aliphatic hydroxyl groups is 1. The summed E-state index contributed by atoms with van der Waals surface area (Å²) in [6, 6.07) is 8.74. The van der Waals surface area contributed by atoms with Crippen molar-refractivity contribution < 1.29 is 19.1 Å². The van der Waals surface area contributed by atoms with E-state index in [1.54, 1.807) is 47.9 Å². The zero-order valence-electron chi connectivity index (χ0n) is 16.1. The van der Waals surface area contributed by atoms with E-state index in [9.17, 15) is 14.7 Å². The number of rotatable bonds is 2. The van der Waals surface area contributed by atoms with E-state index < -0.39 is 5.60 Å². The van der Waals surface area contributed by atoms with Gasteiger partial charge in [-0.2, -0.15) is 0 Å². The predicted molar refractivity (Wildman–Crippen MR) is 105 cm³/mol. The fourth-order valence-corrected chi connectivity index (χ4v) is 3.03. The molecule has 1 saturated heterocycles. The Morgan fingerprint density at radius 3 is 2.32 bits per heavy atom. The molecule has 146 valence electrons. The standard InChI is InChI=1S/C22H24N2O4/c1-22(2,27)9-7-17-5-3-6-18(15-17)20(25)23-10-4-11-24(13-12-23)21(26)19-8-14-28-16-19/h3,5-6,8,14-16,27H,4,10-13H2,1-2H3. The molecule has 2 aromatic rings. The van der Waals surface area contributed by atoms with Gasteiger partial charge in [-0.3, -0.25) is 9.59 Å². The molecule has 0 bridgehead atoms. The van der Waals surface area contributed by atoms with Gasteiger partial charge in [0.25, 0.3) is 11.8 Å². The Hall–Kier alpha value is -3.04. The highest BCUT2D eigenvalue weighted by Crippen LogP contribution is 2.14. The monoisotopic (exact) mass is 380 g/mol. The normalized spacial score (nSPS) is 14.8. The molecule has 0 radical (unpaired) electrons. The van der Waals surface area contributed by atoms with Crippen LogP contribution in [0.3, 0.4) is 0 Å².